The Balaban J connectivity index is 2.93. The fourth-order valence-corrected chi connectivity index (χ4v) is 1.17. The summed E-state index contributed by atoms with van der Waals surface area (Å²) in [7, 11) is 0. The summed E-state index contributed by atoms with van der Waals surface area (Å²) in [4.78, 5) is 0. The van der Waals surface area contributed by atoms with E-state index in [2.05, 4.69) is 0 Å². The second-order valence-electron chi connectivity index (χ2n) is 3.51. The highest BCUT2D eigenvalue weighted by molar-refractivity contribution is 5.17. The predicted octanol–water partition coefficient (Wildman–Crippen LogP) is 3.26. The van der Waals surface area contributed by atoms with Crippen LogP contribution in [0.4, 0.5) is 8.78 Å². The fourth-order valence-electron chi connectivity index (χ4n) is 1.17. The van der Waals surface area contributed by atoms with Crippen molar-refractivity contribution in [2.45, 2.75) is 33.2 Å². The van der Waals surface area contributed by atoms with Crippen molar-refractivity contribution in [3.8, 4) is 0 Å². The van der Waals surface area contributed by atoms with Gasteiger partial charge in [-0.05, 0) is 13.0 Å². The van der Waals surface area contributed by atoms with Crippen molar-refractivity contribution in [1.29, 1.82) is 0 Å². The smallest absolute Gasteiger partial charge is 0.276 e. The van der Waals surface area contributed by atoms with Gasteiger partial charge in [0.15, 0.2) is 0 Å². The molecular formula is C10H15F2N. The quantitative estimate of drug-likeness (QED) is 0.684. The number of hydrogen-bond donors (Lipinski definition) is 0. The number of hydrogen-bond acceptors (Lipinski definition) is 0. The van der Waals surface area contributed by atoms with Crippen LogP contribution < -0.4 is 0 Å². The van der Waals surface area contributed by atoms with Gasteiger partial charge in [-0.15, -0.1) is 0 Å². The van der Waals surface area contributed by atoms with E-state index < -0.39 is 11.8 Å². The monoisotopic (exact) mass is 187 g/mol. The molecular weight excluding hydrogens is 172 g/mol. The minimum Gasteiger partial charge on any atom is -0.354 e. The highest BCUT2D eigenvalue weighted by atomic mass is 19.3. The van der Waals surface area contributed by atoms with Crippen LogP contribution in [0, 0.1) is 5.92 Å². The van der Waals surface area contributed by atoms with Crippen LogP contribution in [0.1, 0.15) is 26.3 Å². The molecule has 0 N–H and O–H groups in total. The molecule has 1 heterocycles. The largest absolute Gasteiger partial charge is 0.354 e. The number of aryl methyl sites for hydroxylation is 1. The zero-order valence-corrected chi connectivity index (χ0v) is 8.22. The molecule has 0 unspecified atom stereocenters. The summed E-state index contributed by atoms with van der Waals surface area (Å²) in [5, 5.41) is 0. The molecule has 13 heavy (non-hydrogen) atoms. The van der Waals surface area contributed by atoms with E-state index in [1.54, 1.807) is 10.8 Å². The van der Waals surface area contributed by atoms with E-state index in [1.165, 1.54) is 26.1 Å². The Labute approximate surface area is 77.4 Å². The number of halogens is 2. The van der Waals surface area contributed by atoms with Gasteiger partial charge in [-0.1, -0.05) is 13.8 Å². The van der Waals surface area contributed by atoms with E-state index in [-0.39, 0.29) is 5.56 Å². The molecule has 0 aliphatic heterocycles. The SMILES string of the molecule is CCn1ccc(C(F)(F)C(C)C)c1. The second kappa shape index (κ2) is 3.48. The molecule has 0 fully saturated rings. The van der Waals surface area contributed by atoms with Crippen LogP contribution >= 0.6 is 0 Å². The van der Waals surface area contributed by atoms with Gasteiger partial charge in [0.25, 0.3) is 5.92 Å². The summed E-state index contributed by atoms with van der Waals surface area (Å²) < 4.78 is 28.6. The Morgan fingerprint density at radius 2 is 2.08 bits per heavy atom. The van der Waals surface area contributed by atoms with E-state index in [0.29, 0.717) is 0 Å². The van der Waals surface area contributed by atoms with E-state index in [9.17, 15) is 8.78 Å². The van der Waals surface area contributed by atoms with Crippen molar-refractivity contribution in [2.24, 2.45) is 5.92 Å². The maximum absolute atomic E-state index is 13.4. The highest BCUT2D eigenvalue weighted by Gasteiger charge is 2.35. The fraction of sp³-hybridized carbons (Fsp3) is 0.600. The molecule has 0 aliphatic rings. The second-order valence-corrected chi connectivity index (χ2v) is 3.51. The molecule has 74 valence electrons. The molecule has 0 aromatic carbocycles. The lowest BCUT2D eigenvalue weighted by atomic mass is 10.0. The first-order chi connectivity index (χ1) is 5.98. The van der Waals surface area contributed by atoms with Gasteiger partial charge in [0, 0.05) is 30.4 Å². The normalized spacial score (nSPS) is 12.5. The molecule has 1 nitrogen and oxygen atoms in total. The Hall–Kier alpha value is -0.860. The third kappa shape index (κ3) is 1.90. The van der Waals surface area contributed by atoms with Gasteiger partial charge in [-0.25, -0.2) is 8.78 Å². The van der Waals surface area contributed by atoms with Crippen LogP contribution in [0.25, 0.3) is 0 Å². The highest BCUT2D eigenvalue weighted by Crippen LogP contribution is 2.35. The minimum absolute atomic E-state index is 0.115. The average Bonchev–Trinajstić information content (AvgIpc) is 2.51. The first-order valence-corrected chi connectivity index (χ1v) is 4.52. The van der Waals surface area contributed by atoms with E-state index in [4.69, 9.17) is 0 Å². The molecule has 1 aromatic heterocycles. The number of rotatable bonds is 3. The molecule has 0 bridgehead atoms. The summed E-state index contributed by atoms with van der Waals surface area (Å²) in [6.45, 7) is 5.72. The molecule has 0 atom stereocenters. The van der Waals surface area contributed by atoms with Crippen molar-refractivity contribution in [3.63, 3.8) is 0 Å². The van der Waals surface area contributed by atoms with Gasteiger partial charge < -0.3 is 4.57 Å². The van der Waals surface area contributed by atoms with E-state index in [1.807, 2.05) is 6.92 Å². The van der Waals surface area contributed by atoms with Crippen molar-refractivity contribution < 1.29 is 8.78 Å². The number of alkyl halides is 2. The summed E-state index contributed by atoms with van der Waals surface area (Å²) in [6, 6.07) is 1.49. The van der Waals surface area contributed by atoms with Crippen LogP contribution in [-0.2, 0) is 12.5 Å². The van der Waals surface area contributed by atoms with Crippen LogP contribution in [0.2, 0.25) is 0 Å². The Morgan fingerprint density at radius 1 is 1.46 bits per heavy atom. The van der Waals surface area contributed by atoms with Gasteiger partial charge in [0.2, 0.25) is 0 Å². The lowest BCUT2D eigenvalue weighted by Crippen LogP contribution is -2.20. The zero-order chi connectivity index (χ0) is 10.1. The zero-order valence-electron chi connectivity index (χ0n) is 8.22. The maximum Gasteiger partial charge on any atom is 0.276 e. The third-order valence-electron chi connectivity index (χ3n) is 2.23. The standard InChI is InChI=1S/C10H15F2N/c1-4-13-6-5-9(7-13)10(11,12)8(2)3/h5-8H,4H2,1-3H3. The Morgan fingerprint density at radius 3 is 2.46 bits per heavy atom. The first kappa shape index (κ1) is 10.2. The van der Waals surface area contributed by atoms with Crippen molar-refractivity contribution in [3.05, 3.63) is 24.0 Å². The topological polar surface area (TPSA) is 4.93 Å². The van der Waals surface area contributed by atoms with Gasteiger partial charge in [-0.2, -0.15) is 0 Å². The Kier molecular flexibility index (Phi) is 2.74. The van der Waals surface area contributed by atoms with E-state index >= 15 is 0 Å². The molecule has 0 aliphatic carbocycles. The van der Waals surface area contributed by atoms with Crippen molar-refractivity contribution in [1.82, 2.24) is 4.57 Å². The van der Waals surface area contributed by atoms with Crippen molar-refractivity contribution >= 4 is 0 Å². The predicted molar refractivity (Wildman–Crippen MR) is 48.8 cm³/mol. The van der Waals surface area contributed by atoms with Crippen LogP contribution in [0.5, 0.6) is 0 Å². The molecule has 1 rings (SSSR count). The lowest BCUT2D eigenvalue weighted by molar-refractivity contribution is -0.0513. The van der Waals surface area contributed by atoms with Gasteiger partial charge >= 0.3 is 0 Å². The van der Waals surface area contributed by atoms with Crippen LogP contribution in [0.15, 0.2) is 18.5 Å². The summed E-state index contributed by atoms with van der Waals surface area (Å²) in [5.41, 5.74) is 0.115. The number of aromatic nitrogens is 1. The van der Waals surface area contributed by atoms with Crippen molar-refractivity contribution in [2.75, 3.05) is 0 Å². The molecule has 3 heteroatoms. The molecule has 0 amide bonds. The maximum atomic E-state index is 13.4. The molecule has 0 saturated heterocycles. The molecule has 0 saturated carbocycles. The van der Waals surface area contributed by atoms with Crippen LogP contribution in [0.3, 0.4) is 0 Å². The minimum atomic E-state index is -2.71. The molecule has 0 spiro atoms. The lowest BCUT2D eigenvalue weighted by Gasteiger charge is -2.18. The molecule has 0 radical (unpaired) electrons. The van der Waals surface area contributed by atoms with E-state index in [0.717, 1.165) is 6.54 Å². The summed E-state index contributed by atoms with van der Waals surface area (Å²) >= 11 is 0. The van der Waals surface area contributed by atoms with Gasteiger partial charge in [0.05, 0.1) is 0 Å². The van der Waals surface area contributed by atoms with Gasteiger partial charge in [0.1, 0.15) is 0 Å². The number of nitrogens with zero attached hydrogens (tertiary/aromatic N) is 1. The van der Waals surface area contributed by atoms with Gasteiger partial charge in [-0.3, -0.25) is 0 Å². The summed E-state index contributed by atoms with van der Waals surface area (Å²) in [5.74, 6) is -3.36. The Bertz CT molecular complexity index is 276. The first-order valence-electron chi connectivity index (χ1n) is 4.52. The average molecular weight is 187 g/mol. The van der Waals surface area contributed by atoms with Crippen LogP contribution in [-0.4, -0.2) is 4.57 Å². The third-order valence-corrected chi connectivity index (χ3v) is 2.23. The molecule has 1 aromatic rings. The summed E-state index contributed by atoms with van der Waals surface area (Å²) in [6.07, 6.45) is 3.20.